The van der Waals surface area contributed by atoms with E-state index in [1.54, 1.807) is 30.3 Å². The minimum atomic E-state index is -0.245. The van der Waals surface area contributed by atoms with Crippen molar-refractivity contribution in [3.8, 4) is 5.75 Å². The molecule has 0 aromatic heterocycles. The highest BCUT2D eigenvalue weighted by Gasteiger charge is 2.11. The Hall–Kier alpha value is -2.33. The number of nitrogens with one attached hydrogen (secondary N) is 1. The van der Waals surface area contributed by atoms with E-state index in [2.05, 4.69) is 5.32 Å². The molecule has 2 aromatic rings. The summed E-state index contributed by atoms with van der Waals surface area (Å²) in [6.07, 6.45) is 0. The Bertz CT molecular complexity index is 715. The fraction of sp³-hybridized carbons (Fsp3) is 0.222. The highest BCUT2D eigenvalue weighted by molar-refractivity contribution is 6.30. The zero-order valence-corrected chi connectivity index (χ0v) is 13.8. The molecular formula is C18H18ClNO3. The van der Waals surface area contributed by atoms with Gasteiger partial charge in [0.05, 0.1) is 6.04 Å². The average Bonchev–Trinajstić information content (AvgIpc) is 2.53. The van der Waals surface area contributed by atoms with Gasteiger partial charge in [0, 0.05) is 10.6 Å². The fourth-order valence-corrected chi connectivity index (χ4v) is 2.29. The molecule has 2 aromatic carbocycles. The minimum absolute atomic E-state index is 0.0468. The van der Waals surface area contributed by atoms with Gasteiger partial charge >= 0.3 is 0 Å². The van der Waals surface area contributed by atoms with E-state index in [9.17, 15) is 9.59 Å². The lowest BCUT2D eigenvalue weighted by Gasteiger charge is -2.15. The van der Waals surface area contributed by atoms with Crippen LogP contribution in [0.1, 0.15) is 35.8 Å². The lowest BCUT2D eigenvalue weighted by atomic mass is 10.1. The van der Waals surface area contributed by atoms with Crippen LogP contribution in [0.25, 0.3) is 0 Å². The summed E-state index contributed by atoms with van der Waals surface area (Å²) in [5.41, 5.74) is 1.47. The van der Waals surface area contributed by atoms with Crippen LogP contribution in [0.3, 0.4) is 0 Å². The van der Waals surface area contributed by atoms with Crippen molar-refractivity contribution in [2.75, 3.05) is 6.61 Å². The first-order valence-electron chi connectivity index (χ1n) is 7.24. The Morgan fingerprint density at radius 2 is 1.91 bits per heavy atom. The van der Waals surface area contributed by atoms with E-state index in [4.69, 9.17) is 16.3 Å². The van der Waals surface area contributed by atoms with Gasteiger partial charge in [0.1, 0.15) is 5.75 Å². The Kier molecular flexibility index (Phi) is 5.77. The molecule has 0 saturated carbocycles. The monoisotopic (exact) mass is 331 g/mol. The summed E-state index contributed by atoms with van der Waals surface area (Å²) in [5.74, 6) is 0.198. The van der Waals surface area contributed by atoms with Crippen LogP contribution in [-0.4, -0.2) is 18.3 Å². The molecular weight excluding hydrogens is 314 g/mol. The SMILES string of the molecule is CC(=O)c1cccc(OCC(=O)N[C@H](C)c2cccc(Cl)c2)c1. The molecule has 120 valence electrons. The highest BCUT2D eigenvalue weighted by Crippen LogP contribution is 2.17. The molecule has 0 aliphatic carbocycles. The van der Waals surface area contributed by atoms with Crippen molar-refractivity contribution in [2.45, 2.75) is 19.9 Å². The van der Waals surface area contributed by atoms with E-state index in [-0.39, 0.29) is 24.3 Å². The Morgan fingerprint density at radius 3 is 2.61 bits per heavy atom. The van der Waals surface area contributed by atoms with Gasteiger partial charge in [0.2, 0.25) is 0 Å². The zero-order valence-electron chi connectivity index (χ0n) is 13.0. The summed E-state index contributed by atoms with van der Waals surface area (Å²) in [6, 6.07) is 13.9. The third-order valence-corrected chi connectivity index (χ3v) is 3.57. The molecule has 2 rings (SSSR count). The molecule has 0 fully saturated rings. The van der Waals surface area contributed by atoms with E-state index in [0.29, 0.717) is 16.3 Å². The molecule has 0 unspecified atom stereocenters. The molecule has 0 bridgehead atoms. The highest BCUT2D eigenvalue weighted by atomic mass is 35.5. The maximum Gasteiger partial charge on any atom is 0.258 e. The predicted molar refractivity (Wildman–Crippen MR) is 90.0 cm³/mol. The quantitative estimate of drug-likeness (QED) is 0.819. The summed E-state index contributed by atoms with van der Waals surface area (Å²) < 4.78 is 5.43. The predicted octanol–water partition coefficient (Wildman–Crippen LogP) is 3.80. The molecule has 0 spiro atoms. The van der Waals surface area contributed by atoms with Crippen molar-refractivity contribution in [1.29, 1.82) is 0 Å². The molecule has 0 aliphatic rings. The maximum atomic E-state index is 12.0. The first-order valence-corrected chi connectivity index (χ1v) is 7.62. The van der Waals surface area contributed by atoms with Crippen molar-refractivity contribution >= 4 is 23.3 Å². The van der Waals surface area contributed by atoms with Gasteiger partial charge in [-0.3, -0.25) is 9.59 Å². The van der Waals surface area contributed by atoms with Gasteiger partial charge < -0.3 is 10.1 Å². The first kappa shape index (κ1) is 17.0. The second-order valence-electron chi connectivity index (χ2n) is 5.22. The smallest absolute Gasteiger partial charge is 0.258 e. The van der Waals surface area contributed by atoms with Gasteiger partial charge in [0.15, 0.2) is 12.4 Å². The number of ketones is 1. The largest absolute Gasteiger partial charge is 0.484 e. The van der Waals surface area contributed by atoms with E-state index in [1.165, 1.54) is 6.92 Å². The number of benzene rings is 2. The van der Waals surface area contributed by atoms with Crippen LogP contribution in [0.2, 0.25) is 5.02 Å². The molecule has 1 amide bonds. The molecule has 0 heterocycles. The van der Waals surface area contributed by atoms with Crippen LogP contribution in [0, 0.1) is 0 Å². The van der Waals surface area contributed by atoms with Crippen LogP contribution in [-0.2, 0) is 4.79 Å². The number of hydrogen-bond donors (Lipinski definition) is 1. The second-order valence-corrected chi connectivity index (χ2v) is 5.65. The molecule has 0 saturated heterocycles. The fourth-order valence-electron chi connectivity index (χ4n) is 2.10. The van der Waals surface area contributed by atoms with E-state index in [1.807, 2.05) is 25.1 Å². The van der Waals surface area contributed by atoms with Crippen LogP contribution in [0.15, 0.2) is 48.5 Å². The van der Waals surface area contributed by atoms with E-state index in [0.717, 1.165) is 5.56 Å². The van der Waals surface area contributed by atoms with Gasteiger partial charge in [-0.05, 0) is 43.7 Å². The lowest BCUT2D eigenvalue weighted by molar-refractivity contribution is -0.123. The summed E-state index contributed by atoms with van der Waals surface area (Å²) in [7, 11) is 0. The third-order valence-electron chi connectivity index (χ3n) is 3.34. The van der Waals surface area contributed by atoms with Crippen molar-refractivity contribution in [3.63, 3.8) is 0 Å². The number of halogens is 1. The Balaban J connectivity index is 1.90. The lowest BCUT2D eigenvalue weighted by Crippen LogP contribution is -2.31. The van der Waals surface area contributed by atoms with Crippen molar-refractivity contribution in [2.24, 2.45) is 0 Å². The number of carbonyl (C=O) groups is 2. The summed E-state index contributed by atoms with van der Waals surface area (Å²) in [5, 5.41) is 3.47. The van der Waals surface area contributed by atoms with Crippen LogP contribution < -0.4 is 10.1 Å². The third kappa shape index (κ3) is 5.11. The van der Waals surface area contributed by atoms with Gasteiger partial charge in [-0.15, -0.1) is 0 Å². The van der Waals surface area contributed by atoms with Crippen molar-refractivity contribution < 1.29 is 14.3 Å². The maximum absolute atomic E-state index is 12.0. The molecule has 4 nitrogen and oxygen atoms in total. The zero-order chi connectivity index (χ0) is 16.8. The summed E-state index contributed by atoms with van der Waals surface area (Å²) >= 11 is 5.94. The van der Waals surface area contributed by atoms with E-state index >= 15 is 0 Å². The van der Waals surface area contributed by atoms with Gasteiger partial charge in [-0.2, -0.15) is 0 Å². The first-order chi connectivity index (χ1) is 11.0. The molecule has 5 heteroatoms. The summed E-state index contributed by atoms with van der Waals surface area (Å²) in [6.45, 7) is 3.24. The van der Waals surface area contributed by atoms with E-state index < -0.39 is 0 Å². The molecule has 23 heavy (non-hydrogen) atoms. The molecule has 0 aliphatic heterocycles. The van der Waals surface area contributed by atoms with Crippen molar-refractivity contribution in [1.82, 2.24) is 5.32 Å². The molecule has 1 atom stereocenters. The van der Waals surface area contributed by atoms with Gasteiger partial charge in [-0.1, -0.05) is 35.9 Å². The normalized spacial score (nSPS) is 11.6. The topological polar surface area (TPSA) is 55.4 Å². The Labute approximate surface area is 140 Å². The number of ether oxygens (including phenoxy) is 1. The number of Topliss-reactive ketones (excluding diaryl/α,β-unsaturated/α-hetero) is 1. The number of rotatable bonds is 6. The van der Waals surface area contributed by atoms with Gasteiger partial charge in [0.25, 0.3) is 5.91 Å². The van der Waals surface area contributed by atoms with Crippen LogP contribution >= 0.6 is 11.6 Å². The van der Waals surface area contributed by atoms with Crippen molar-refractivity contribution in [3.05, 3.63) is 64.7 Å². The Morgan fingerprint density at radius 1 is 1.17 bits per heavy atom. The minimum Gasteiger partial charge on any atom is -0.484 e. The molecule has 0 radical (unpaired) electrons. The van der Waals surface area contributed by atoms with Gasteiger partial charge in [-0.25, -0.2) is 0 Å². The number of carbonyl (C=O) groups excluding carboxylic acids is 2. The number of hydrogen-bond acceptors (Lipinski definition) is 3. The van der Waals surface area contributed by atoms with Crippen LogP contribution in [0.4, 0.5) is 0 Å². The second kappa shape index (κ2) is 7.79. The molecule has 1 N–H and O–H groups in total. The number of amides is 1. The summed E-state index contributed by atoms with van der Waals surface area (Å²) in [4.78, 5) is 23.3. The average molecular weight is 332 g/mol. The standard InChI is InChI=1S/C18H18ClNO3/c1-12(14-5-3-7-16(19)9-14)20-18(22)11-23-17-8-4-6-15(10-17)13(2)21/h3-10,12H,11H2,1-2H3,(H,20,22)/t12-/m1/s1. The van der Waals surface area contributed by atoms with Crippen LogP contribution in [0.5, 0.6) is 5.75 Å².